The average molecular weight is 493 g/mol. The summed E-state index contributed by atoms with van der Waals surface area (Å²) in [7, 11) is 0. The van der Waals surface area contributed by atoms with Crippen LogP contribution in [-0.4, -0.2) is 37.6 Å². The minimum atomic E-state index is -0.547. The number of halogens is 1. The second kappa shape index (κ2) is 11.9. The molecular formula is C22H25BrN2O6. The van der Waals surface area contributed by atoms with Gasteiger partial charge >= 0.3 is 5.97 Å². The number of esters is 1. The molecule has 2 N–H and O–H groups in total. The number of hydrazine groups is 1. The number of hydrogen-bond donors (Lipinski definition) is 2. The lowest BCUT2D eigenvalue weighted by molar-refractivity contribution is -0.131. The monoisotopic (exact) mass is 492 g/mol. The molecule has 0 atom stereocenters. The smallest absolute Gasteiger partial charge is 0.338 e. The molecule has 0 saturated carbocycles. The third-order valence-electron chi connectivity index (χ3n) is 4.03. The summed E-state index contributed by atoms with van der Waals surface area (Å²) >= 11 is 3.42. The number of amides is 2. The molecule has 0 unspecified atom stereocenters. The molecule has 9 heteroatoms. The van der Waals surface area contributed by atoms with E-state index in [4.69, 9.17) is 14.2 Å². The minimum Gasteiger partial charge on any atom is -0.484 e. The van der Waals surface area contributed by atoms with Crippen LogP contribution >= 0.6 is 15.9 Å². The summed E-state index contributed by atoms with van der Waals surface area (Å²) in [6, 6.07) is 11.7. The molecule has 2 amide bonds. The minimum absolute atomic E-state index is 0.221. The van der Waals surface area contributed by atoms with Gasteiger partial charge in [-0.25, -0.2) is 4.79 Å². The predicted octanol–water partition coefficient (Wildman–Crippen LogP) is 3.35. The van der Waals surface area contributed by atoms with Gasteiger partial charge in [0.05, 0.1) is 12.2 Å². The molecular weight excluding hydrogens is 468 g/mol. The molecule has 0 heterocycles. The molecule has 8 nitrogen and oxygen atoms in total. The first-order chi connectivity index (χ1) is 14.8. The van der Waals surface area contributed by atoms with E-state index in [9.17, 15) is 14.4 Å². The van der Waals surface area contributed by atoms with Crippen LogP contribution in [-0.2, 0) is 14.3 Å². The van der Waals surface area contributed by atoms with Crippen LogP contribution in [0, 0.1) is 0 Å². The maximum absolute atomic E-state index is 12.0. The van der Waals surface area contributed by atoms with Crippen molar-refractivity contribution in [3.05, 3.63) is 58.1 Å². The molecule has 0 spiro atoms. The maximum atomic E-state index is 12.0. The molecule has 0 bridgehead atoms. The standard InChI is InChI=1S/C22H25BrN2O6/c1-4-29-22(28)15-5-8-17(9-6-15)30-12-20(26)24-25-21(27)13-31-19-10-7-16(23)11-18(19)14(2)3/h5-11,14H,4,12-13H2,1-3H3,(H,24,26)(H,25,27). The summed E-state index contributed by atoms with van der Waals surface area (Å²) < 4.78 is 16.7. The summed E-state index contributed by atoms with van der Waals surface area (Å²) in [6.07, 6.45) is 0. The highest BCUT2D eigenvalue weighted by molar-refractivity contribution is 9.10. The van der Waals surface area contributed by atoms with E-state index in [1.54, 1.807) is 25.1 Å². The van der Waals surface area contributed by atoms with E-state index in [-0.39, 0.29) is 25.7 Å². The zero-order chi connectivity index (χ0) is 22.8. The van der Waals surface area contributed by atoms with Crippen molar-refractivity contribution in [1.82, 2.24) is 10.9 Å². The van der Waals surface area contributed by atoms with E-state index < -0.39 is 17.8 Å². The second-order valence-corrected chi connectivity index (χ2v) is 7.67. The van der Waals surface area contributed by atoms with Gasteiger partial charge in [-0.2, -0.15) is 0 Å². The first-order valence-corrected chi connectivity index (χ1v) is 10.5. The van der Waals surface area contributed by atoms with E-state index in [2.05, 4.69) is 26.8 Å². The van der Waals surface area contributed by atoms with E-state index in [0.29, 0.717) is 17.1 Å². The molecule has 0 radical (unpaired) electrons. The molecule has 0 fully saturated rings. The topological polar surface area (TPSA) is 103 Å². The number of carbonyl (C=O) groups excluding carboxylic acids is 3. The fourth-order valence-electron chi connectivity index (χ4n) is 2.51. The van der Waals surface area contributed by atoms with Crippen LogP contribution in [0.15, 0.2) is 46.9 Å². The Morgan fingerprint density at radius 1 is 0.935 bits per heavy atom. The van der Waals surface area contributed by atoms with Gasteiger partial charge in [0.15, 0.2) is 13.2 Å². The number of rotatable bonds is 9. The molecule has 31 heavy (non-hydrogen) atoms. The summed E-state index contributed by atoms with van der Waals surface area (Å²) in [4.78, 5) is 35.4. The third kappa shape index (κ3) is 7.93. The number of hydrogen-bond acceptors (Lipinski definition) is 6. The fraction of sp³-hybridized carbons (Fsp3) is 0.318. The molecule has 0 aliphatic carbocycles. The van der Waals surface area contributed by atoms with Crippen LogP contribution in [0.4, 0.5) is 0 Å². The van der Waals surface area contributed by atoms with Crippen molar-refractivity contribution < 1.29 is 28.6 Å². The van der Waals surface area contributed by atoms with Crippen LogP contribution in [0.1, 0.15) is 42.6 Å². The van der Waals surface area contributed by atoms with Crippen LogP contribution in [0.25, 0.3) is 0 Å². The first-order valence-electron chi connectivity index (χ1n) is 9.70. The average Bonchev–Trinajstić information content (AvgIpc) is 2.75. The Hall–Kier alpha value is -3.07. The summed E-state index contributed by atoms with van der Waals surface area (Å²) in [6.45, 7) is 5.50. The second-order valence-electron chi connectivity index (χ2n) is 6.76. The van der Waals surface area contributed by atoms with Gasteiger partial charge in [-0.15, -0.1) is 0 Å². The Bertz CT molecular complexity index is 915. The molecule has 166 valence electrons. The van der Waals surface area contributed by atoms with Gasteiger partial charge < -0.3 is 14.2 Å². The SMILES string of the molecule is CCOC(=O)c1ccc(OCC(=O)NNC(=O)COc2ccc(Br)cc2C(C)C)cc1. The molecule has 2 rings (SSSR count). The van der Waals surface area contributed by atoms with Gasteiger partial charge in [0.2, 0.25) is 0 Å². The molecule has 0 saturated heterocycles. The van der Waals surface area contributed by atoms with Gasteiger partial charge in [0, 0.05) is 4.47 Å². The highest BCUT2D eigenvalue weighted by atomic mass is 79.9. The van der Waals surface area contributed by atoms with Crippen LogP contribution in [0.5, 0.6) is 11.5 Å². The fourth-order valence-corrected chi connectivity index (χ4v) is 2.89. The normalized spacial score (nSPS) is 10.4. The highest BCUT2D eigenvalue weighted by Gasteiger charge is 2.12. The quantitative estimate of drug-likeness (QED) is 0.410. The Kier molecular flexibility index (Phi) is 9.33. The Morgan fingerprint density at radius 2 is 1.55 bits per heavy atom. The highest BCUT2D eigenvalue weighted by Crippen LogP contribution is 2.29. The Labute approximate surface area is 189 Å². The van der Waals surface area contributed by atoms with Gasteiger partial charge in [-0.1, -0.05) is 29.8 Å². The maximum Gasteiger partial charge on any atom is 0.338 e. The lowest BCUT2D eigenvalue weighted by Crippen LogP contribution is -2.45. The zero-order valence-electron chi connectivity index (χ0n) is 17.6. The van der Waals surface area contributed by atoms with Crippen molar-refractivity contribution in [3.63, 3.8) is 0 Å². The number of benzene rings is 2. The van der Waals surface area contributed by atoms with Crippen LogP contribution in [0.3, 0.4) is 0 Å². The molecule has 0 aliphatic heterocycles. The van der Waals surface area contributed by atoms with Crippen molar-refractivity contribution in [2.75, 3.05) is 19.8 Å². The summed E-state index contributed by atoms with van der Waals surface area (Å²) in [5, 5.41) is 0. The Balaban J connectivity index is 1.74. The van der Waals surface area contributed by atoms with Crippen molar-refractivity contribution >= 4 is 33.7 Å². The van der Waals surface area contributed by atoms with Crippen molar-refractivity contribution in [2.45, 2.75) is 26.7 Å². The zero-order valence-corrected chi connectivity index (χ0v) is 19.2. The molecule has 0 aliphatic rings. The van der Waals surface area contributed by atoms with E-state index in [0.717, 1.165) is 10.0 Å². The van der Waals surface area contributed by atoms with Gasteiger partial charge in [0.1, 0.15) is 11.5 Å². The van der Waals surface area contributed by atoms with Crippen molar-refractivity contribution in [3.8, 4) is 11.5 Å². The van der Waals surface area contributed by atoms with Crippen molar-refractivity contribution in [1.29, 1.82) is 0 Å². The van der Waals surface area contributed by atoms with Gasteiger partial charge in [-0.3, -0.25) is 20.4 Å². The first kappa shape index (κ1) is 24.2. The van der Waals surface area contributed by atoms with E-state index in [1.165, 1.54) is 12.1 Å². The lowest BCUT2D eigenvalue weighted by Gasteiger charge is -2.14. The van der Waals surface area contributed by atoms with E-state index in [1.807, 2.05) is 26.0 Å². The third-order valence-corrected chi connectivity index (χ3v) is 4.52. The van der Waals surface area contributed by atoms with Crippen molar-refractivity contribution in [2.24, 2.45) is 0 Å². The van der Waals surface area contributed by atoms with Gasteiger partial charge in [0.25, 0.3) is 11.8 Å². The summed E-state index contributed by atoms with van der Waals surface area (Å²) in [5.74, 6) is -0.262. The Morgan fingerprint density at radius 3 is 2.13 bits per heavy atom. The number of nitrogens with one attached hydrogen (secondary N) is 2. The van der Waals surface area contributed by atoms with Gasteiger partial charge in [-0.05, 0) is 60.9 Å². The van der Waals surface area contributed by atoms with E-state index >= 15 is 0 Å². The van der Waals surface area contributed by atoms with Crippen LogP contribution in [0.2, 0.25) is 0 Å². The predicted molar refractivity (Wildman–Crippen MR) is 118 cm³/mol. The summed E-state index contributed by atoms with van der Waals surface area (Å²) in [5.41, 5.74) is 5.88. The largest absolute Gasteiger partial charge is 0.484 e. The van der Waals surface area contributed by atoms with Crippen LogP contribution < -0.4 is 20.3 Å². The molecule has 2 aromatic carbocycles. The lowest BCUT2D eigenvalue weighted by atomic mass is 10.0. The molecule has 0 aromatic heterocycles. The number of ether oxygens (including phenoxy) is 3. The number of carbonyl (C=O) groups is 3. The molecule has 2 aromatic rings.